The van der Waals surface area contributed by atoms with Crippen molar-refractivity contribution in [1.29, 1.82) is 0 Å². The molecule has 21 heavy (non-hydrogen) atoms. The molecule has 0 bridgehead atoms. The molecule has 4 heteroatoms. The van der Waals surface area contributed by atoms with Crippen molar-refractivity contribution in [3.8, 4) is 17.2 Å². The third-order valence-corrected chi connectivity index (χ3v) is 3.09. The maximum Gasteiger partial charge on any atom is 0.162 e. The van der Waals surface area contributed by atoms with Crippen LogP contribution in [0.2, 0.25) is 0 Å². The molecule has 2 rings (SSSR count). The van der Waals surface area contributed by atoms with Gasteiger partial charge in [0.25, 0.3) is 0 Å². The van der Waals surface area contributed by atoms with Gasteiger partial charge < -0.3 is 19.5 Å². The van der Waals surface area contributed by atoms with E-state index in [9.17, 15) is 0 Å². The van der Waals surface area contributed by atoms with Gasteiger partial charge in [0.1, 0.15) is 5.75 Å². The Balaban J connectivity index is 2.05. The predicted molar refractivity (Wildman–Crippen MR) is 84.5 cm³/mol. The van der Waals surface area contributed by atoms with E-state index in [4.69, 9.17) is 14.2 Å². The molecule has 0 aliphatic rings. The van der Waals surface area contributed by atoms with Gasteiger partial charge in [0.05, 0.1) is 20.8 Å². The minimum absolute atomic E-state index is 0.618. The Kier molecular flexibility index (Phi) is 5.32. The Labute approximate surface area is 125 Å². The first-order valence-electron chi connectivity index (χ1n) is 6.94. The van der Waals surface area contributed by atoms with Crippen LogP contribution in [-0.4, -0.2) is 20.8 Å². The summed E-state index contributed by atoms with van der Waals surface area (Å²) < 4.78 is 16.1. The second-order valence-corrected chi connectivity index (χ2v) is 4.50. The van der Waals surface area contributed by atoms with Crippen LogP contribution >= 0.6 is 0 Å². The fraction of sp³-hybridized carbons (Fsp3) is 0.294. The Morgan fingerprint density at radius 3 is 2.52 bits per heavy atom. The van der Waals surface area contributed by atoms with Crippen LogP contribution in [0.1, 0.15) is 12.5 Å². The second-order valence-electron chi connectivity index (χ2n) is 4.50. The van der Waals surface area contributed by atoms with Gasteiger partial charge in [-0.25, -0.2) is 0 Å². The molecule has 0 saturated heterocycles. The summed E-state index contributed by atoms with van der Waals surface area (Å²) in [5.74, 6) is 2.35. The second kappa shape index (κ2) is 7.43. The van der Waals surface area contributed by atoms with Crippen LogP contribution in [-0.2, 0) is 6.54 Å². The molecule has 0 saturated carbocycles. The van der Waals surface area contributed by atoms with E-state index >= 15 is 0 Å². The zero-order valence-corrected chi connectivity index (χ0v) is 12.7. The number of methoxy groups -OCH3 is 2. The lowest BCUT2D eigenvalue weighted by atomic mass is 10.2. The lowest BCUT2D eigenvalue weighted by Gasteiger charge is -2.12. The van der Waals surface area contributed by atoms with Gasteiger partial charge in [-0.05, 0) is 36.8 Å². The summed E-state index contributed by atoms with van der Waals surface area (Å²) in [7, 11) is 3.31. The van der Waals surface area contributed by atoms with Crippen molar-refractivity contribution in [1.82, 2.24) is 0 Å². The molecule has 0 aromatic heterocycles. The van der Waals surface area contributed by atoms with Crippen LogP contribution in [0.5, 0.6) is 17.2 Å². The van der Waals surface area contributed by atoms with Gasteiger partial charge in [-0.2, -0.15) is 0 Å². The predicted octanol–water partition coefficient (Wildman–Crippen LogP) is 3.71. The Hall–Kier alpha value is -2.36. The minimum Gasteiger partial charge on any atom is -0.497 e. The highest BCUT2D eigenvalue weighted by Crippen LogP contribution is 2.30. The molecule has 0 aliphatic heterocycles. The lowest BCUT2D eigenvalue weighted by Crippen LogP contribution is -2.01. The zero-order valence-electron chi connectivity index (χ0n) is 12.7. The third-order valence-electron chi connectivity index (χ3n) is 3.09. The molecular weight excluding hydrogens is 266 g/mol. The van der Waals surface area contributed by atoms with Crippen LogP contribution in [0, 0.1) is 0 Å². The largest absolute Gasteiger partial charge is 0.497 e. The number of hydrogen-bond donors (Lipinski definition) is 1. The smallest absolute Gasteiger partial charge is 0.162 e. The number of hydrogen-bond acceptors (Lipinski definition) is 4. The molecule has 2 aromatic rings. The van der Waals surface area contributed by atoms with Crippen LogP contribution < -0.4 is 19.5 Å². The van der Waals surface area contributed by atoms with Gasteiger partial charge >= 0.3 is 0 Å². The Bertz CT molecular complexity index is 584. The summed E-state index contributed by atoms with van der Waals surface area (Å²) in [5.41, 5.74) is 2.14. The van der Waals surface area contributed by atoms with Gasteiger partial charge in [-0.15, -0.1) is 0 Å². The quantitative estimate of drug-likeness (QED) is 0.842. The molecule has 0 atom stereocenters. The van der Waals surface area contributed by atoms with E-state index in [0.717, 1.165) is 28.5 Å². The topological polar surface area (TPSA) is 39.7 Å². The molecule has 0 amide bonds. The number of ether oxygens (including phenoxy) is 3. The van der Waals surface area contributed by atoms with E-state index in [1.165, 1.54) is 0 Å². The SMILES string of the molecule is CCOc1ccc(NCc2cccc(OC)c2)cc1OC. The maximum absolute atomic E-state index is 5.51. The molecule has 0 radical (unpaired) electrons. The van der Waals surface area contributed by atoms with Crippen LogP contribution in [0.3, 0.4) is 0 Å². The molecule has 0 heterocycles. The van der Waals surface area contributed by atoms with Crippen molar-refractivity contribution < 1.29 is 14.2 Å². The first-order chi connectivity index (χ1) is 10.3. The van der Waals surface area contributed by atoms with Crippen LogP contribution in [0.25, 0.3) is 0 Å². The number of nitrogens with one attached hydrogen (secondary N) is 1. The highest BCUT2D eigenvalue weighted by atomic mass is 16.5. The lowest BCUT2D eigenvalue weighted by molar-refractivity contribution is 0.311. The molecule has 4 nitrogen and oxygen atoms in total. The first-order valence-corrected chi connectivity index (χ1v) is 6.94. The van der Waals surface area contributed by atoms with Crippen molar-refractivity contribution in [2.75, 3.05) is 26.1 Å². The zero-order chi connectivity index (χ0) is 15.1. The number of rotatable bonds is 7. The van der Waals surface area contributed by atoms with E-state index in [2.05, 4.69) is 11.4 Å². The van der Waals surface area contributed by atoms with E-state index in [0.29, 0.717) is 13.2 Å². The number of anilines is 1. The molecule has 2 aromatic carbocycles. The molecule has 0 aliphatic carbocycles. The van der Waals surface area contributed by atoms with Gasteiger partial charge in [-0.3, -0.25) is 0 Å². The summed E-state index contributed by atoms with van der Waals surface area (Å²) in [4.78, 5) is 0. The van der Waals surface area contributed by atoms with Crippen molar-refractivity contribution >= 4 is 5.69 Å². The average molecular weight is 287 g/mol. The summed E-state index contributed by atoms with van der Waals surface area (Å²) >= 11 is 0. The Morgan fingerprint density at radius 2 is 1.81 bits per heavy atom. The van der Waals surface area contributed by atoms with Gasteiger partial charge in [0.15, 0.2) is 11.5 Å². The van der Waals surface area contributed by atoms with E-state index < -0.39 is 0 Å². The third kappa shape index (κ3) is 4.05. The normalized spacial score (nSPS) is 10.0. The molecule has 1 N–H and O–H groups in total. The molecule has 0 fully saturated rings. The minimum atomic E-state index is 0.618. The summed E-state index contributed by atoms with van der Waals surface area (Å²) in [6, 6.07) is 13.8. The maximum atomic E-state index is 5.51. The average Bonchev–Trinajstić information content (AvgIpc) is 2.54. The van der Waals surface area contributed by atoms with Crippen LogP contribution in [0.4, 0.5) is 5.69 Å². The van der Waals surface area contributed by atoms with Crippen molar-refractivity contribution in [2.24, 2.45) is 0 Å². The van der Waals surface area contributed by atoms with Gasteiger partial charge in [0.2, 0.25) is 0 Å². The molecule has 112 valence electrons. The van der Waals surface area contributed by atoms with Crippen molar-refractivity contribution in [3.05, 3.63) is 48.0 Å². The van der Waals surface area contributed by atoms with E-state index in [1.807, 2.05) is 43.3 Å². The highest BCUT2D eigenvalue weighted by molar-refractivity contribution is 5.55. The van der Waals surface area contributed by atoms with Crippen molar-refractivity contribution in [3.63, 3.8) is 0 Å². The monoisotopic (exact) mass is 287 g/mol. The fourth-order valence-electron chi connectivity index (χ4n) is 2.04. The summed E-state index contributed by atoms with van der Waals surface area (Å²) in [5, 5.41) is 3.37. The first kappa shape index (κ1) is 15.0. The van der Waals surface area contributed by atoms with Gasteiger partial charge in [-0.1, -0.05) is 12.1 Å². The summed E-state index contributed by atoms with van der Waals surface area (Å²) in [6.45, 7) is 3.29. The van der Waals surface area contributed by atoms with E-state index in [1.54, 1.807) is 14.2 Å². The fourth-order valence-corrected chi connectivity index (χ4v) is 2.04. The molecular formula is C17H21NO3. The molecule has 0 unspecified atom stereocenters. The van der Waals surface area contributed by atoms with E-state index in [-0.39, 0.29) is 0 Å². The van der Waals surface area contributed by atoms with Crippen molar-refractivity contribution in [2.45, 2.75) is 13.5 Å². The standard InChI is InChI=1S/C17H21NO3/c1-4-21-16-9-8-14(11-17(16)20-3)18-12-13-6-5-7-15(10-13)19-2/h5-11,18H,4,12H2,1-3H3. The Morgan fingerprint density at radius 1 is 0.952 bits per heavy atom. The summed E-state index contributed by atoms with van der Waals surface area (Å²) in [6.07, 6.45) is 0. The molecule has 0 spiro atoms. The number of benzene rings is 2. The van der Waals surface area contributed by atoms with Gasteiger partial charge in [0, 0.05) is 18.3 Å². The highest BCUT2D eigenvalue weighted by Gasteiger charge is 2.05. The van der Waals surface area contributed by atoms with Crippen LogP contribution in [0.15, 0.2) is 42.5 Å².